The van der Waals surface area contributed by atoms with Crippen LogP contribution in [0.3, 0.4) is 0 Å². The summed E-state index contributed by atoms with van der Waals surface area (Å²) >= 11 is 1.26. The highest BCUT2D eigenvalue weighted by Gasteiger charge is 2.23. The Hall–Kier alpha value is -1.89. The van der Waals surface area contributed by atoms with Crippen LogP contribution in [-0.4, -0.2) is 20.2 Å². The maximum absolute atomic E-state index is 12.5. The first-order valence-corrected chi connectivity index (χ1v) is 7.07. The number of thiophene rings is 1. The minimum absolute atomic E-state index is 0.0533. The topological polar surface area (TPSA) is 81.3 Å². The molecule has 0 aliphatic heterocycles. The Morgan fingerprint density at radius 1 is 1.35 bits per heavy atom. The smallest absolute Gasteiger partial charge is 0.332 e. The third-order valence-electron chi connectivity index (χ3n) is 2.97. The molecule has 0 saturated heterocycles. The van der Waals surface area contributed by atoms with Gasteiger partial charge in [0.1, 0.15) is 4.70 Å². The van der Waals surface area contributed by atoms with Crippen LogP contribution in [-0.2, 0) is 16.9 Å². The van der Waals surface area contributed by atoms with E-state index in [2.05, 4.69) is 0 Å². The van der Waals surface area contributed by atoms with Gasteiger partial charge in [-0.3, -0.25) is 18.7 Å². The van der Waals surface area contributed by atoms with Crippen LogP contribution in [0.15, 0.2) is 21.0 Å². The largest absolute Gasteiger partial charge is 0.481 e. The lowest BCUT2D eigenvalue weighted by atomic mass is 10.1. The number of carbonyl (C=O) groups is 1. The number of hydrogen-bond acceptors (Lipinski definition) is 4. The van der Waals surface area contributed by atoms with Crippen molar-refractivity contribution >= 4 is 27.5 Å². The standard InChI is InChI=1S/C13H16N2O4S/c1-13(2,3)15-11(18)10-8(5-7-20-10)14(12(15)19)6-4-9(16)17/h5,7H,4,6H2,1-3H3,(H,16,17). The van der Waals surface area contributed by atoms with Gasteiger partial charge < -0.3 is 5.11 Å². The molecule has 0 aliphatic rings. The van der Waals surface area contributed by atoms with E-state index in [4.69, 9.17) is 5.11 Å². The molecule has 2 aromatic heterocycles. The molecule has 0 radical (unpaired) electrons. The van der Waals surface area contributed by atoms with Crippen LogP contribution in [0, 0.1) is 0 Å². The molecule has 0 atom stereocenters. The molecule has 6 nitrogen and oxygen atoms in total. The molecule has 1 N–H and O–H groups in total. The Balaban J connectivity index is 2.79. The van der Waals surface area contributed by atoms with E-state index >= 15 is 0 Å². The lowest BCUT2D eigenvalue weighted by Crippen LogP contribution is -2.47. The van der Waals surface area contributed by atoms with Gasteiger partial charge in [-0.15, -0.1) is 11.3 Å². The number of nitrogens with zero attached hydrogens (tertiary/aromatic N) is 2. The fraction of sp³-hybridized carbons (Fsp3) is 0.462. The van der Waals surface area contributed by atoms with Crippen molar-refractivity contribution in [3.8, 4) is 0 Å². The molecule has 0 unspecified atom stereocenters. The van der Waals surface area contributed by atoms with E-state index in [1.54, 1.807) is 32.2 Å². The fourth-order valence-corrected chi connectivity index (χ4v) is 2.93. The lowest BCUT2D eigenvalue weighted by Gasteiger charge is -2.22. The molecule has 0 aromatic carbocycles. The highest BCUT2D eigenvalue weighted by atomic mass is 32.1. The number of aromatic nitrogens is 2. The van der Waals surface area contributed by atoms with Crippen molar-refractivity contribution in [3.05, 3.63) is 32.3 Å². The minimum Gasteiger partial charge on any atom is -0.481 e. The fourth-order valence-electron chi connectivity index (χ4n) is 2.10. The molecule has 0 bridgehead atoms. The van der Waals surface area contributed by atoms with Gasteiger partial charge >= 0.3 is 11.7 Å². The summed E-state index contributed by atoms with van der Waals surface area (Å²) in [6.07, 6.45) is -0.160. The van der Waals surface area contributed by atoms with Crippen molar-refractivity contribution in [1.82, 2.24) is 9.13 Å². The molecule has 0 fully saturated rings. The quantitative estimate of drug-likeness (QED) is 0.929. The van der Waals surface area contributed by atoms with Crippen molar-refractivity contribution in [2.75, 3.05) is 0 Å². The van der Waals surface area contributed by atoms with Crippen LogP contribution in [0.25, 0.3) is 10.2 Å². The van der Waals surface area contributed by atoms with Crippen LogP contribution in [0.4, 0.5) is 0 Å². The summed E-state index contributed by atoms with van der Waals surface area (Å²) in [6, 6.07) is 1.68. The molecule has 2 rings (SSSR count). The third kappa shape index (κ3) is 2.40. The number of carboxylic acids is 1. The summed E-state index contributed by atoms with van der Waals surface area (Å²) in [5, 5.41) is 10.5. The van der Waals surface area contributed by atoms with Crippen LogP contribution in [0.2, 0.25) is 0 Å². The number of hydrogen-bond donors (Lipinski definition) is 1. The summed E-state index contributed by atoms with van der Waals surface area (Å²) < 4.78 is 3.03. The van der Waals surface area contributed by atoms with Gasteiger partial charge in [0.05, 0.1) is 11.9 Å². The molecule has 7 heteroatoms. The van der Waals surface area contributed by atoms with E-state index in [9.17, 15) is 14.4 Å². The average molecular weight is 296 g/mol. The van der Waals surface area contributed by atoms with Crippen LogP contribution in [0.5, 0.6) is 0 Å². The zero-order valence-corrected chi connectivity index (χ0v) is 12.4. The van der Waals surface area contributed by atoms with E-state index < -0.39 is 17.2 Å². The van der Waals surface area contributed by atoms with Crippen LogP contribution < -0.4 is 11.2 Å². The molecule has 0 spiro atoms. The molecule has 0 aliphatic carbocycles. The maximum Gasteiger partial charge on any atom is 0.332 e. The predicted molar refractivity (Wildman–Crippen MR) is 77.6 cm³/mol. The van der Waals surface area contributed by atoms with E-state index in [0.717, 1.165) is 0 Å². The van der Waals surface area contributed by atoms with E-state index in [1.165, 1.54) is 20.5 Å². The first-order chi connectivity index (χ1) is 9.23. The Bertz CT molecular complexity index is 776. The zero-order chi connectivity index (χ0) is 15.1. The Kier molecular flexibility index (Phi) is 3.56. The van der Waals surface area contributed by atoms with Gasteiger partial charge in [0, 0.05) is 12.1 Å². The summed E-state index contributed by atoms with van der Waals surface area (Å²) in [5.41, 5.74) is -0.933. The van der Waals surface area contributed by atoms with E-state index in [-0.39, 0.29) is 18.5 Å². The SMILES string of the molecule is CC(C)(C)n1c(=O)c2sccc2n(CCC(=O)O)c1=O. The summed E-state index contributed by atoms with van der Waals surface area (Å²) in [4.78, 5) is 35.6. The number of rotatable bonds is 3. The molecule has 2 aromatic rings. The third-order valence-corrected chi connectivity index (χ3v) is 3.87. The Labute approximate surface area is 118 Å². The van der Waals surface area contributed by atoms with Gasteiger partial charge in [0.2, 0.25) is 0 Å². The molecule has 0 saturated carbocycles. The number of carboxylic acid groups (broad SMARTS) is 1. The first kappa shape index (κ1) is 14.5. The second-order valence-corrected chi connectivity index (χ2v) is 6.44. The van der Waals surface area contributed by atoms with E-state index in [0.29, 0.717) is 10.2 Å². The number of fused-ring (bicyclic) bond motifs is 1. The normalized spacial score (nSPS) is 11.9. The predicted octanol–water partition coefficient (Wildman–Crippen LogP) is 1.45. The second kappa shape index (κ2) is 4.90. The van der Waals surface area contributed by atoms with Gasteiger partial charge in [-0.05, 0) is 32.2 Å². The second-order valence-electron chi connectivity index (χ2n) is 5.52. The average Bonchev–Trinajstić information content (AvgIpc) is 2.75. The lowest BCUT2D eigenvalue weighted by molar-refractivity contribution is -0.137. The van der Waals surface area contributed by atoms with Crippen LogP contribution >= 0.6 is 11.3 Å². The van der Waals surface area contributed by atoms with Gasteiger partial charge in [-0.2, -0.15) is 0 Å². The van der Waals surface area contributed by atoms with Gasteiger partial charge in [-0.25, -0.2) is 4.79 Å². The summed E-state index contributed by atoms with van der Waals surface area (Å²) in [6.45, 7) is 5.38. The molecule has 0 amide bonds. The highest BCUT2D eigenvalue weighted by Crippen LogP contribution is 2.17. The van der Waals surface area contributed by atoms with Gasteiger partial charge in [0.15, 0.2) is 0 Å². The van der Waals surface area contributed by atoms with Crippen molar-refractivity contribution < 1.29 is 9.90 Å². The molecule has 108 valence electrons. The van der Waals surface area contributed by atoms with Crippen LogP contribution in [0.1, 0.15) is 27.2 Å². The molecular formula is C13H16N2O4S. The van der Waals surface area contributed by atoms with Gasteiger partial charge in [0.25, 0.3) is 5.56 Å². The number of aryl methyl sites for hydroxylation is 1. The maximum atomic E-state index is 12.5. The highest BCUT2D eigenvalue weighted by molar-refractivity contribution is 7.17. The molecular weight excluding hydrogens is 280 g/mol. The van der Waals surface area contributed by atoms with Crippen molar-refractivity contribution in [3.63, 3.8) is 0 Å². The number of aliphatic carboxylic acids is 1. The van der Waals surface area contributed by atoms with Crippen molar-refractivity contribution in [2.45, 2.75) is 39.3 Å². The van der Waals surface area contributed by atoms with E-state index in [1.807, 2.05) is 0 Å². The van der Waals surface area contributed by atoms with Gasteiger partial charge in [-0.1, -0.05) is 0 Å². The van der Waals surface area contributed by atoms with Crippen molar-refractivity contribution in [2.24, 2.45) is 0 Å². The van der Waals surface area contributed by atoms with Crippen molar-refractivity contribution in [1.29, 1.82) is 0 Å². The zero-order valence-electron chi connectivity index (χ0n) is 11.5. The monoisotopic (exact) mass is 296 g/mol. The molecule has 2 heterocycles. The first-order valence-electron chi connectivity index (χ1n) is 6.19. The molecule has 20 heavy (non-hydrogen) atoms. The Morgan fingerprint density at radius 3 is 2.55 bits per heavy atom. The summed E-state index contributed by atoms with van der Waals surface area (Å²) in [5.74, 6) is -0.978. The summed E-state index contributed by atoms with van der Waals surface area (Å²) in [7, 11) is 0. The Morgan fingerprint density at radius 2 is 2.00 bits per heavy atom. The minimum atomic E-state index is -0.978.